The molecule has 0 unspecified atom stereocenters. The second-order valence-electron chi connectivity index (χ2n) is 11.6. The first kappa shape index (κ1) is 33.6. The predicted molar refractivity (Wildman–Crippen MR) is 169 cm³/mol. The van der Waals surface area contributed by atoms with Gasteiger partial charge < -0.3 is 14.4 Å². The second kappa shape index (κ2) is 15.5. The molecule has 0 amide bonds. The number of likely N-dealkylation sites (N-methyl/N-ethyl adjacent to an activating group) is 1. The molecule has 0 saturated carbocycles. The van der Waals surface area contributed by atoms with E-state index in [1.807, 2.05) is 59.1 Å². The number of aryl methyl sites for hydroxylation is 3. The maximum absolute atomic E-state index is 12.7. The molecule has 228 valence electrons. The number of halogens is 1. The van der Waals surface area contributed by atoms with Crippen LogP contribution in [0.2, 0.25) is 5.02 Å². The van der Waals surface area contributed by atoms with Crippen LogP contribution in [0.3, 0.4) is 0 Å². The molecule has 0 atom stereocenters. The number of rotatable bonds is 15. The molecular weight excluding hydrogens is 572 g/mol. The lowest BCUT2D eigenvalue weighted by Crippen LogP contribution is -2.26. The normalized spacial score (nSPS) is 12.0. The predicted octanol–water partition coefficient (Wildman–Crippen LogP) is 5.86. The molecule has 0 aliphatic heterocycles. The topological polar surface area (TPSA) is 84.9 Å². The van der Waals surface area contributed by atoms with Crippen molar-refractivity contribution in [1.29, 1.82) is 0 Å². The molecule has 0 aromatic heterocycles. The Labute approximate surface area is 256 Å². The lowest BCUT2D eigenvalue weighted by atomic mass is 9.96. The van der Waals surface area contributed by atoms with Crippen molar-refractivity contribution in [3.05, 3.63) is 94.0 Å². The molecule has 0 heterocycles. The van der Waals surface area contributed by atoms with E-state index in [9.17, 15) is 13.2 Å². The molecule has 3 rings (SSSR count). The highest BCUT2D eigenvalue weighted by atomic mass is 35.5. The maximum atomic E-state index is 12.7. The Kier molecular flexibility index (Phi) is 12.4. The Morgan fingerprint density at radius 2 is 1.50 bits per heavy atom. The summed E-state index contributed by atoms with van der Waals surface area (Å²) in [5.74, 6) is 0.645. The average Bonchev–Trinajstić information content (AvgIpc) is 2.90. The van der Waals surface area contributed by atoms with Gasteiger partial charge >= 0.3 is 5.97 Å². The summed E-state index contributed by atoms with van der Waals surface area (Å²) in [6.45, 7) is 7.26. The van der Waals surface area contributed by atoms with Gasteiger partial charge in [0.15, 0.2) is 0 Å². The van der Waals surface area contributed by atoms with E-state index in [4.69, 9.17) is 21.1 Å². The van der Waals surface area contributed by atoms with Crippen molar-refractivity contribution in [1.82, 2.24) is 9.62 Å². The smallest absolute Gasteiger partial charge is 0.306 e. The van der Waals surface area contributed by atoms with Crippen LogP contribution in [-0.2, 0) is 45.2 Å². The molecule has 0 fully saturated rings. The highest BCUT2D eigenvalue weighted by Crippen LogP contribution is 2.22. The Morgan fingerprint density at radius 1 is 0.881 bits per heavy atom. The molecular formula is C33H43ClN2O5S. The fourth-order valence-electron chi connectivity index (χ4n) is 4.41. The first-order valence-corrected chi connectivity index (χ1v) is 16.1. The lowest BCUT2D eigenvalue weighted by Gasteiger charge is -2.19. The van der Waals surface area contributed by atoms with Gasteiger partial charge in [-0.05, 0) is 113 Å². The zero-order valence-electron chi connectivity index (χ0n) is 25.3. The van der Waals surface area contributed by atoms with Crippen molar-refractivity contribution in [3.8, 4) is 5.75 Å². The minimum Gasteiger partial charge on any atom is -0.492 e. The van der Waals surface area contributed by atoms with Crippen LogP contribution in [-0.4, -0.2) is 58.7 Å². The molecule has 0 spiro atoms. The van der Waals surface area contributed by atoms with Gasteiger partial charge in [0.1, 0.15) is 18.0 Å². The van der Waals surface area contributed by atoms with E-state index in [1.54, 1.807) is 12.1 Å². The third-order valence-electron chi connectivity index (χ3n) is 6.43. The van der Waals surface area contributed by atoms with Crippen molar-refractivity contribution >= 4 is 27.6 Å². The van der Waals surface area contributed by atoms with Crippen LogP contribution in [0.4, 0.5) is 0 Å². The summed E-state index contributed by atoms with van der Waals surface area (Å²) >= 11 is 5.91. The lowest BCUT2D eigenvalue weighted by molar-refractivity contribution is -0.154. The van der Waals surface area contributed by atoms with Gasteiger partial charge in [0, 0.05) is 24.5 Å². The zero-order chi connectivity index (χ0) is 30.8. The number of benzene rings is 3. The number of carbonyl (C=O) groups is 1. The van der Waals surface area contributed by atoms with E-state index in [-0.39, 0.29) is 23.8 Å². The van der Waals surface area contributed by atoms with Crippen molar-refractivity contribution < 1.29 is 22.7 Å². The minimum absolute atomic E-state index is 0.171. The molecule has 0 radical (unpaired) electrons. The van der Waals surface area contributed by atoms with Gasteiger partial charge in [-0.1, -0.05) is 48.0 Å². The summed E-state index contributed by atoms with van der Waals surface area (Å²) < 4.78 is 39.7. The fourth-order valence-corrected chi connectivity index (χ4v) is 5.56. The van der Waals surface area contributed by atoms with Crippen LogP contribution in [0.15, 0.2) is 71.6 Å². The molecule has 0 bridgehead atoms. The van der Waals surface area contributed by atoms with Gasteiger partial charge in [0.25, 0.3) is 0 Å². The summed E-state index contributed by atoms with van der Waals surface area (Å²) in [7, 11) is 0.381. The second-order valence-corrected chi connectivity index (χ2v) is 13.8. The largest absolute Gasteiger partial charge is 0.492 e. The van der Waals surface area contributed by atoms with Gasteiger partial charge in [-0.3, -0.25) is 4.79 Å². The number of nitrogens with one attached hydrogen (secondary N) is 1. The number of ether oxygens (including phenoxy) is 2. The SMILES string of the molecule is CN(C)CCOc1ccccc1CCc1cc(CCNS(=O)(=O)c2ccc(Cl)cc2)cc(CCC(=O)OC(C)(C)C)c1. The number of hydrogen-bond donors (Lipinski definition) is 1. The summed E-state index contributed by atoms with van der Waals surface area (Å²) in [6.07, 6.45) is 2.88. The van der Waals surface area contributed by atoms with Gasteiger partial charge in [-0.2, -0.15) is 0 Å². The highest BCUT2D eigenvalue weighted by molar-refractivity contribution is 7.89. The first-order valence-electron chi connectivity index (χ1n) is 14.2. The summed E-state index contributed by atoms with van der Waals surface area (Å²) in [6, 6.07) is 20.5. The molecule has 0 aliphatic carbocycles. The van der Waals surface area contributed by atoms with Crippen molar-refractivity contribution in [2.75, 3.05) is 33.8 Å². The van der Waals surface area contributed by atoms with E-state index in [0.29, 0.717) is 24.5 Å². The van der Waals surface area contributed by atoms with E-state index >= 15 is 0 Å². The molecule has 9 heteroatoms. The summed E-state index contributed by atoms with van der Waals surface area (Å²) in [5, 5.41) is 0.479. The minimum atomic E-state index is -3.66. The van der Waals surface area contributed by atoms with E-state index in [1.165, 1.54) is 12.1 Å². The van der Waals surface area contributed by atoms with Crippen LogP contribution in [0.25, 0.3) is 0 Å². The number of nitrogens with zero attached hydrogens (tertiary/aromatic N) is 1. The van der Waals surface area contributed by atoms with Crippen molar-refractivity contribution in [2.45, 2.75) is 63.4 Å². The van der Waals surface area contributed by atoms with Crippen molar-refractivity contribution in [2.24, 2.45) is 0 Å². The quantitative estimate of drug-likeness (QED) is 0.216. The van der Waals surface area contributed by atoms with Gasteiger partial charge in [-0.15, -0.1) is 0 Å². The molecule has 0 saturated heterocycles. The Morgan fingerprint density at radius 3 is 2.14 bits per heavy atom. The van der Waals surface area contributed by atoms with Crippen LogP contribution in [0.1, 0.15) is 49.4 Å². The van der Waals surface area contributed by atoms with Crippen LogP contribution >= 0.6 is 11.6 Å². The highest BCUT2D eigenvalue weighted by Gasteiger charge is 2.17. The monoisotopic (exact) mass is 614 g/mol. The Bertz CT molecular complexity index is 1420. The standard InChI is InChI=1S/C33H43ClN2O5S/c1-33(2,3)41-32(37)17-11-26-22-25(10-12-28-8-6-7-9-31(28)40-21-20-36(4)5)23-27(24-26)18-19-35-42(38,39)30-15-13-29(34)14-16-30/h6-9,13-16,22-24,35H,10-12,17-21H2,1-5H3. The Balaban J connectivity index is 1.73. The molecule has 42 heavy (non-hydrogen) atoms. The van der Waals surface area contributed by atoms with Crippen LogP contribution in [0.5, 0.6) is 5.75 Å². The van der Waals surface area contributed by atoms with Gasteiger partial charge in [-0.25, -0.2) is 13.1 Å². The fraction of sp³-hybridized carbons (Fsp3) is 0.424. The average molecular weight is 615 g/mol. The van der Waals surface area contributed by atoms with Crippen molar-refractivity contribution in [3.63, 3.8) is 0 Å². The molecule has 3 aromatic carbocycles. The number of para-hydroxylation sites is 1. The van der Waals surface area contributed by atoms with E-state index in [2.05, 4.69) is 27.8 Å². The molecule has 7 nitrogen and oxygen atoms in total. The summed E-state index contributed by atoms with van der Waals surface area (Å²) in [5.41, 5.74) is 3.74. The van der Waals surface area contributed by atoms with Gasteiger partial charge in [0.05, 0.1) is 4.90 Å². The molecule has 1 N–H and O–H groups in total. The number of sulfonamides is 1. The first-order chi connectivity index (χ1) is 19.8. The van der Waals surface area contributed by atoms with Crippen LogP contribution < -0.4 is 9.46 Å². The Hall–Kier alpha value is -2.91. The number of esters is 1. The molecule has 3 aromatic rings. The van der Waals surface area contributed by atoms with Crippen LogP contribution in [0, 0.1) is 0 Å². The maximum Gasteiger partial charge on any atom is 0.306 e. The zero-order valence-corrected chi connectivity index (χ0v) is 26.9. The third-order valence-corrected chi connectivity index (χ3v) is 8.16. The summed E-state index contributed by atoms with van der Waals surface area (Å²) in [4.78, 5) is 14.6. The van der Waals surface area contributed by atoms with E-state index < -0.39 is 15.6 Å². The van der Waals surface area contributed by atoms with Gasteiger partial charge in [0.2, 0.25) is 10.0 Å². The number of hydrogen-bond acceptors (Lipinski definition) is 6. The molecule has 0 aliphatic rings. The number of carbonyl (C=O) groups excluding carboxylic acids is 1. The third kappa shape index (κ3) is 11.8. The van der Waals surface area contributed by atoms with E-state index in [0.717, 1.165) is 47.4 Å².